The van der Waals surface area contributed by atoms with Crippen molar-refractivity contribution >= 4 is 11.4 Å². The lowest BCUT2D eigenvalue weighted by molar-refractivity contribution is 0.0933. The van der Waals surface area contributed by atoms with E-state index in [0.717, 1.165) is 0 Å². The van der Waals surface area contributed by atoms with Gasteiger partial charge < -0.3 is 0 Å². The number of fused-ring (bicyclic) bond motifs is 1. The fourth-order valence-corrected chi connectivity index (χ4v) is 1.43. The van der Waals surface area contributed by atoms with Crippen LogP contribution in [-0.2, 0) is 0 Å². The molecule has 2 aromatic rings. The van der Waals surface area contributed by atoms with Crippen LogP contribution in [0.4, 0.5) is 4.39 Å². The highest BCUT2D eigenvalue weighted by Gasteiger charge is 2.15. The molecular weight excluding hydrogens is 195 g/mol. The van der Waals surface area contributed by atoms with Gasteiger partial charge in [0, 0.05) is 12.1 Å². The predicted octanol–water partition coefficient (Wildman–Crippen LogP) is 2.31. The number of ketones is 1. The molecule has 0 bridgehead atoms. The van der Waals surface area contributed by atoms with Crippen molar-refractivity contribution in [2.24, 2.45) is 5.92 Å². The zero-order chi connectivity index (χ0) is 11.0. The average molecular weight is 206 g/mol. The second-order valence-corrected chi connectivity index (χ2v) is 3.74. The molecule has 0 saturated carbocycles. The molecule has 0 N–H and O–H groups in total. The number of rotatable bonds is 2. The van der Waals surface area contributed by atoms with Crippen LogP contribution in [0.1, 0.15) is 24.3 Å². The third-order valence-corrected chi connectivity index (χ3v) is 2.25. The third-order valence-electron chi connectivity index (χ3n) is 2.25. The molecule has 0 spiro atoms. The summed E-state index contributed by atoms with van der Waals surface area (Å²) in [6.07, 6.45) is 2.76. The number of Topliss-reactive ketones (excluding diaryl/α,β-unsaturated/α-hetero) is 1. The molecular formula is C11H11FN2O. The minimum Gasteiger partial charge on any atom is -0.294 e. The van der Waals surface area contributed by atoms with Crippen molar-refractivity contribution in [3.63, 3.8) is 0 Å². The van der Waals surface area contributed by atoms with Crippen LogP contribution in [0.3, 0.4) is 0 Å². The van der Waals surface area contributed by atoms with E-state index in [1.165, 1.54) is 22.9 Å². The highest BCUT2D eigenvalue weighted by Crippen LogP contribution is 2.12. The third kappa shape index (κ3) is 1.63. The van der Waals surface area contributed by atoms with Gasteiger partial charge >= 0.3 is 0 Å². The van der Waals surface area contributed by atoms with Gasteiger partial charge in [0.25, 0.3) is 0 Å². The smallest absolute Gasteiger partial charge is 0.183 e. The summed E-state index contributed by atoms with van der Waals surface area (Å²) in [6, 6.07) is 2.87. The van der Waals surface area contributed by atoms with Gasteiger partial charge in [-0.3, -0.25) is 9.20 Å². The van der Waals surface area contributed by atoms with Crippen molar-refractivity contribution in [1.29, 1.82) is 0 Å². The molecule has 4 heteroatoms. The first-order valence-electron chi connectivity index (χ1n) is 4.76. The second kappa shape index (κ2) is 3.46. The van der Waals surface area contributed by atoms with E-state index in [-0.39, 0.29) is 17.5 Å². The van der Waals surface area contributed by atoms with E-state index in [1.54, 1.807) is 19.9 Å². The van der Waals surface area contributed by atoms with Gasteiger partial charge in [-0.2, -0.15) is 0 Å². The monoisotopic (exact) mass is 206 g/mol. The van der Waals surface area contributed by atoms with Crippen LogP contribution in [-0.4, -0.2) is 15.2 Å². The van der Waals surface area contributed by atoms with Gasteiger partial charge in [-0.1, -0.05) is 13.8 Å². The summed E-state index contributed by atoms with van der Waals surface area (Å²) in [6.45, 7) is 3.61. The maximum absolute atomic E-state index is 13.0. The lowest BCUT2D eigenvalue weighted by Crippen LogP contribution is -2.10. The maximum atomic E-state index is 13.0. The SMILES string of the molecule is CC(C)C(=O)c1cnc2ccc(F)cn12. The van der Waals surface area contributed by atoms with Crippen LogP contribution in [0.15, 0.2) is 24.5 Å². The summed E-state index contributed by atoms with van der Waals surface area (Å²) >= 11 is 0. The molecule has 0 unspecified atom stereocenters. The minimum absolute atomic E-state index is 0.0342. The number of nitrogens with zero attached hydrogens (tertiary/aromatic N) is 2. The lowest BCUT2D eigenvalue weighted by atomic mass is 10.1. The Bertz CT molecular complexity index is 516. The standard InChI is InChI=1S/C11H11FN2O/c1-7(2)11(15)9-5-13-10-4-3-8(12)6-14(9)10/h3-7H,1-2H3. The molecule has 0 saturated heterocycles. The quantitative estimate of drug-likeness (QED) is 0.706. The Morgan fingerprint density at radius 3 is 2.87 bits per heavy atom. The molecule has 0 atom stereocenters. The molecule has 15 heavy (non-hydrogen) atoms. The van der Waals surface area contributed by atoms with Crippen molar-refractivity contribution in [3.05, 3.63) is 36.0 Å². The molecule has 0 aromatic carbocycles. The lowest BCUT2D eigenvalue weighted by Gasteiger charge is -2.03. The Labute approximate surface area is 86.6 Å². The van der Waals surface area contributed by atoms with Gasteiger partial charge in [-0.05, 0) is 12.1 Å². The van der Waals surface area contributed by atoms with Crippen LogP contribution in [0, 0.1) is 11.7 Å². The van der Waals surface area contributed by atoms with E-state index in [2.05, 4.69) is 4.98 Å². The van der Waals surface area contributed by atoms with Gasteiger partial charge in [-0.15, -0.1) is 0 Å². The van der Waals surface area contributed by atoms with Crippen molar-refractivity contribution in [3.8, 4) is 0 Å². The van der Waals surface area contributed by atoms with Crippen LogP contribution >= 0.6 is 0 Å². The molecule has 78 valence electrons. The number of imidazole rings is 1. The number of aromatic nitrogens is 2. The van der Waals surface area contributed by atoms with Crippen molar-refractivity contribution < 1.29 is 9.18 Å². The Morgan fingerprint density at radius 2 is 2.20 bits per heavy atom. The first-order valence-corrected chi connectivity index (χ1v) is 4.76. The molecule has 2 aromatic heterocycles. The number of halogens is 1. The number of hydrogen-bond acceptors (Lipinski definition) is 2. The molecule has 0 aliphatic rings. The fourth-order valence-electron chi connectivity index (χ4n) is 1.43. The number of carbonyl (C=O) groups excluding carboxylic acids is 1. The first kappa shape index (κ1) is 9.83. The molecule has 0 aliphatic carbocycles. The van der Waals surface area contributed by atoms with Crippen molar-refractivity contribution in [1.82, 2.24) is 9.38 Å². The topological polar surface area (TPSA) is 34.4 Å². The van der Waals surface area contributed by atoms with E-state index < -0.39 is 0 Å². The Kier molecular flexibility index (Phi) is 2.26. The van der Waals surface area contributed by atoms with Crippen LogP contribution in [0.5, 0.6) is 0 Å². The van der Waals surface area contributed by atoms with E-state index >= 15 is 0 Å². The van der Waals surface area contributed by atoms with E-state index in [0.29, 0.717) is 11.3 Å². The maximum Gasteiger partial charge on any atom is 0.183 e. The minimum atomic E-state index is -0.377. The number of hydrogen-bond donors (Lipinski definition) is 0. The van der Waals surface area contributed by atoms with Crippen LogP contribution in [0.2, 0.25) is 0 Å². The molecule has 3 nitrogen and oxygen atoms in total. The van der Waals surface area contributed by atoms with Gasteiger partial charge in [0.2, 0.25) is 0 Å². The highest BCUT2D eigenvalue weighted by atomic mass is 19.1. The summed E-state index contributed by atoms with van der Waals surface area (Å²) in [4.78, 5) is 15.8. The van der Waals surface area contributed by atoms with E-state index in [9.17, 15) is 9.18 Å². The summed E-state index contributed by atoms with van der Waals surface area (Å²) in [7, 11) is 0. The number of pyridine rings is 1. The fraction of sp³-hybridized carbons (Fsp3) is 0.273. The zero-order valence-electron chi connectivity index (χ0n) is 8.57. The largest absolute Gasteiger partial charge is 0.294 e. The van der Waals surface area contributed by atoms with Crippen LogP contribution < -0.4 is 0 Å². The van der Waals surface area contributed by atoms with Crippen LogP contribution in [0.25, 0.3) is 5.65 Å². The average Bonchev–Trinajstić information content (AvgIpc) is 2.59. The molecule has 0 amide bonds. The van der Waals surface area contributed by atoms with Crippen molar-refractivity contribution in [2.75, 3.05) is 0 Å². The summed E-state index contributed by atoms with van der Waals surface area (Å²) in [5.41, 5.74) is 1.01. The Morgan fingerprint density at radius 1 is 1.47 bits per heavy atom. The highest BCUT2D eigenvalue weighted by molar-refractivity contribution is 5.96. The van der Waals surface area contributed by atoms with E-state index in [1.807, 2.05) is 0 Å². The predicted molar refractivity (Wildman–Crippen MR) is 54.3 cm³/mol. The summed E-state index contributed by atoms with van der Waals surface area (Å²) in [5.74, 6) is -0.528. The number of carbonyl (C=O) groups is 1. The molecule has 0 radical (unpaired) electrons. The van der Waals surface area contributed by atoms with Crippen molar-refractivity contribution in [2.45, 2.75) is 13.8 Å². The Hall–Kier alpha value is -1.71. The van der Waals surface area contributed by atoms with Gasteiger partial charge in [0.1, 0.15) is 17.2 Å². The van der Waals surface area contributed by atoms with Gasteiger partial charge in [0.05, 0.1) is 6.20 Å². The molecule has 0 fully saturated rings. The second-order valence-electron chi connectivity index (χ2n) is 3.74. The van der Waals surface area contributed by atoms with E-state index in [4.69, 9.17) is 0 Å². The normalized spacial score (nSPS) is 11.2. The molecule has 2 rings (SSSR count). The molecule has 2 heterocycles. The molecule has 0 aliphatic heterocycles. The first-order chi connectivity index (χ1) is 7.09. The summed E-state index contributed by atoms with van der Waals surface area (Å²) in [5, 5.41) is 0. The Balaban J connectivity index is 2.62. The van der Waals surface area contributed by atoms with Gasteiger partial charge in [-0.25, -0.2) is 9.37 Å². The zero-order valence-corrected chi connectivity index (χ0v) is 8.57. The van der Waals surface area contributed by atoms with Gasteiger partial charge in [0.15, 0.2) is 5.78 Å². The summed E-state index contributed by atoms with van der Waals surface area (Å²) < 4.78 is 14.5.